The van der Waals surface area contributed by atoms with Gasteiger partial charge in [0.15, 0.2) is 5.96 Å². The molecule has 4 heteroatoms. The van der Waals surface area contributed by atoms with Crippen molar-refractivity contribution in [2.24, 2.45) is 4.99 Å². The van der Waals surface area contributed by atoms with Gasteiger partial charge < -0.3 is 15.4 Å². The number of aliphatic imine (C=N–C) groups is 1. The number of guanidine groups is 1. The van der Waals surface area contributed by atoms with Gasteiger partial charge in [-0.05, 0) is 31.4 Å². The van der Waals surface area contributed by atoms with Crippen LogP contribution in [0.2, 0.25) is 0 Å². The molecule has 0 saturated heterocycles. The van der Waals surface area contributed by atoms with Crippen molar-refractivity contribution in [3.8, 4) is 0 Å². The second-order valence-corrected chi connectivity index (χ2v) is 4.33. The molecule has 0 aliphatic carbocycles. The third kappa shape index (κ3) is 6.25. The molecule has 1 aromatic carbocycles. The van der Waals surface area contributed by atoms with Crippen LogP contribution in [0, 0.1) is 6.92 Å². The van der Waals surface area contributed by atoms with E-state index in [0.29, 0.717) is 0 Å². The predicted octanol–water partition coefficient (Wildman–Crippen LogP) is 2.09. The van der Waals surface area contributed by atoms with Crippen molar-refractivity contribution < 1.29 is 4.74 Å². The number of nitrogens with zero attached hydrogens (tertiary/aromatic N) is 1. The summed E-state index contributed by atoms with van der Waals surface area (Å²) in [6.07, 6.45) is 0.985. The summed E-state index contributed by atoms with van der Waals surface area (Å²) in [5.41, 5.74) is 2.58. The number of nitrogens with one attached hydrogen (secondary N) is 2. The van der Waals surface area contributed by atoms with Crippen molar-refractivity contribution in [3.05, 3.63) is 35.4 Å². The molecule has 0 aromatic heterocycles. The van der Waals surface area contributed by atoms with E-state index in [1.165, 1.54) is 11.1 Å². The fourth-order valence-electron chi connectivity index (χ4n) is 1.73. The molecule has 0 saturated carbocycles. The fourth-order valence-corrected chi connectivity index (χ4v) is 1.73. The maximum atomic E-state index is 5.29. The predicted molar refractivity (Wildman–Crippen MR) is 80.5 cm³/mol. The highest BCUT2D eigenvalue weighted by Gasteiger charge is 1.99. The first-order valence-corrected chi connectivity index (χ1v) is 6.84. The second kappa shape index (κ2) is 9.39. The van der Waals surface area contributed by atoms with E-state index in [1.54, 1.807) is 7.05 Å². The van der Waals surface area contributed by atoms with Gasteiger partial charge in [0, 0.05) is 33.4 Å². The Morgan fingerprint density at radius 1 is 1.26 bits per heavy atom. The molecule has 0 spiro atoms. The molecule has 2 N–H and O–H groups in total. The van der Waals surface area contributed by atoms with Gasteiger partial charge >= 0.3 is 0 Å². The summed E-state index contributed by atoms with van der Waals surface area (Å²) in [5, 5.41) is 6.59. The Bertz CT molecular complexity index is 391. The van der Waals surface area contributed by atoms with Gasteiger partial charge in [0.25, 0.3) is 0 Å². The average molecular weight is 263 g/mol. The van der Waals surface area contributed by atoms with Crippen LogP contribution in [0.4, 0.5) is 0 Å². The molecule has 0 heterocycles. The molecule has 0 aliphatic rings. The molecule has 0 unspecified atom stereocenters. The van der Waals surface area contributed by atoms with Gasteiger partial charge in [-0.25, -0.2) is 0 Å². The van der Waals surface area contributed by atoms with Gasteiger partial charge in [0.1, 0.15) is 0 Å². The molecular weight excluding hydrogens is 238 g/mol. The lowest BCUT2D eigenvalue weighted by molar-refractivity contribution is 0.145. The lowest BCUT2D eigenvalue weighted by atomic mass is 10.1. The second-order valence-electron chi connectivity index (χ2n) is 4.33. The number of hydrogen-bond acceptors (Lipinski definition) is 2. The molecule has 0 amide bonds. The first kappa shape index (κ1) is 15.5. The maximum Gasteiger partial charge on any atom is 0.191 e. The quantitative estimate of drug-likeness (QED) is 0.450. The topological polar surface area (TPSA) is 45.6 Å². The van der Waals surface area contributed by atoms with Gasteiger partial charge in [-0.15, -0.1) is 0 Å². The Hall–Kier alpha value is -1.55. The van der Waals surface area contributed by atoms with Crippen LogP contribution in [0.15, 0.2) is 29.3 Å². The van der Waals surface area contributed by atoms with E-state index in [-0.39, 0.29) is 0 Å². The van der Waals surface area contributed by atoms with Crippen LogP contribution in [0.5, 0.6) is 0 Å². The van der Waals surface area contributed by atoms with Gasteiger partial charge in [-0.2, -0.15) is 0 Å². The number of benzene rings is 1. The summed E-state index contributed by atoms with van der Waals surface area (Å²) in [6.45, 7) is 7.36. The standard InChI is InChI=1S/C15H25N3O/c1-4-19-11-7-10-17-15(16-3)18-12-14-9-6-5-8-13(14)2/h5-6,8-9H,4,7,10-12H2,1-3H3,(H2,16,17,18). The minimum atomic E-state index is 0.778. The Morgan fingerprint density at radius 2 is 2.05 bits per heavy atom. The molecule has 0 bridgehead atoms. The van der Waals surface area contributed by atoms with E-state index in [1.807, 2.05) is 6.92 Å². The summed E-state index contributed by atoms with van der Waals surface area (Å²) in [7, 11) is 1.79. The largest absolute Gasteiger partial charge is 0.382 e. The number of aryl methyl sites for hydroxylation is 1. The first-order chi connectivity index (χ1) is 9.27. The Labute approximate surface area is 116 Å². The van der Waals surface area contributed by atoms with Gasteiger partial charge in [-0.1, -0.05) is 24.3 Å². The molecule has 4 nitrogen and oxygen atoms in total. The normalized spacial score (nSPS) is 11.4. The molecule has 106 valence electrons. The lowest BCUT2D eigenvalue weighted by Crippen LogP contribution is -2.37. The van der Waals surface area contributed by atoms with Gasteiger partial charge in [0.2, 0.25) is 0 Å². The third-order valence-electron chi connectivity index (χ3n) is 2.89. The van der Waals surface area contributed by atoms with Crippen LogP contribution in [0.3, 0.4) is 0 Å². The van der Waals surface area contributed by atoms with E-state index in [2.05, 4.69) is 46.8 Å². The molecule has 1 rings (SSSR count). The third-order valence-corrected chi connectivity index (χ3v) is 2.89. The van der Waals surface area contributed by atoms with Crippen LogP contribution in [0.25, 0.3) is 0 Å². The smallest absolute Gasteiger partial charge is 0.191 e. The zero-order chi connectivity index (χ0) is 13.9. The number of rotatable bonds is 7. The maximum absolute atomic E-state index is 5.29. The van der Waals surface area contributed by atoms with Crippen LogP contribution in [-0.4, -0.2) is 32.8 Å². The summed E-state index contributed by atoms with van der Waals surface area (Å²) in [5.74, 6) is 0.833. The van der Waals surface area contributed by atoms with Crippen molar-refractivity contribution in [3.63, 3.8) is 0 Å². The fraction of sp³-hybridized carbons (Fsp3) is 0.533. The molecule has 0 radical (unpaired) electrons. The summed E-state index contributed by atoms with van der Waals surface area (Å²) < 4.78 is 5.29. The lowest BCUT2D eigenvalue weighted by Gasteiger charge is -2.13. The molecular formula is C15H25N3O. The van der Waals surface area contributed by atoms with Crippen molar-refractivity contribution >= 4 is 5.96 Å². The zero-order valence-electron chi connectivity index (χ0n) is 12.2. The van der Waals surface area contributed by atoms with Gasteiger partial charge in [0.05, 0.1) is 0 Å². The highest BCUT2D eigenvalue weighted by Crippen LogP contribution is 2.05. The van der Waals surface area contributed by atoms with E-state index < -0.39 is 0 Å². The Kier molecular flexibility index (Phi) is 7.66. The van der Waals surface area contributed by atoms with E-state index in [4.69, 9.17) is 4.74 Å². The van der Waals surface area contributed by atoms with Crippen LogP contribution in [0.1, 0.15) is 24.5 Å². The molecule has 1 aromatic rings. The van der Waals surface area contributed by atoms with Crippen molar-refractivity contribution in [2.75, 3.05) is 26.8 Å². The van der Waals surface area contributed by atoms with Crippen LogP contribution in [-0.2, 0) is 11.3 Å². The molecule has 0 fully saturated rings. The Balaban J connectivity index is 2.28. The first-order valence-electron chi connectivity index (χ1n) is 6.84. The molecule has 19 heavy (non-hydrogen) atoms. The van der Waals surface area contributed by atoms with E-state index in [9.17, 15) is 0 Å². The monoisotopic (exact) mass is 263 g/mol. The molecule has 0 aliphatic heterocycles. The number of hydrogen-bond donors (Lipinski definition) is 2. The van der Waals surface area contributed by atoms with Crippen molar-refractivity contribution in [1.82, 2.24) is 10.6 Å². The minimum absolute atomic E-state index is 0.778. The number of ether oxygens (including phenoxy) is 1. The summed E-state index contributed by atoms with van der Waals surface area (Å²) in [6, 6.07) is 8.36. The van der Waals surface area contributed by atoms with Crippen LogP contribution < -0.4 is 10.6 Å². The van der Waals surface area contributed by atoms with Gasteiger partial charge in [-0.3, -0.25) is 4.99 Å². The SMILES string of the molecule is CCOCCCNC(=NC)NCc1ccccc1C. The van der Waals surface area contributed by atoms with E-state index in [0.717, 1.165) is 38.7 Å². The summed E-state index contributed by atoms with van der Waals surface area (Å²) >= 11 is 0. The minimum Gasteiger partial charge on any atom is -0.382 e. The van der Waals surface area contributed by atoms with Crippen molar-refractivity contribution in [1.29, 1.82) is 0 Å². The Morgan fingerprint density at radius 3 is 2.74 bits per heavy atom. The van der Waals surface area contributed by atoms with Crippen molar-refractivity contribution in [2.45, 2.75) is 26.8 Å². The van der Waals surface area contributed by atoms with E-state index >= 15 is 0 Å². The molecule has 0 atom stereocenters. The highest BCUT2D eigenvalue weighted by molar-refractivity contribution is 5.79. The summed E-state index contributed by atoms with van der Waals surface area (Å²) in [4.78, 5) is 4.20. The van der Waals surface area contributed by atoms with Crippen LogP contribution >= 0.6 is 0 Å². The average Bonchev–Trinajstić information content (AvgIpc) is 2.43. The highest BCUT2D eigenvalue weighted by atomic mass is 16.5. The zero-order valence-corrected chi connectivity index (χ0v) is 12.2.